The van der Waals surface area contributed by atoms with Crippen molar-refractivity contribution in [2.24, 2.45) is 5.92 Å². The molecular weight excluding hydrogens is 300 g/mol. The van der Waals surface area contributed by atoms with Crippen molar-refractivity contribution in [2.45, 2.75) is 92.8 Å². The average Bonchev–Trinajstić information content (AvgIpc) is 3.02. The maximum absolute atomic E-state index is 9.24. The number of hydrogen-bond donors (Lipinski definition) is 2. The number of aliphatic hydroxyl groups is 2. The van der Waals surface area contributed by atoms with E-state index in [9.17, 15) is 5.11 Å². The van der Waals surface area contributed by atoms with Crippen molar-refractivity contribution in [1.29, 1.82) is 0 Å². The molecule has 3 atom stereocenters. The molecule has 1 saturated heterocycles. The Bertz CT molecular complexity index is 287. The van der Waals surface area contributed by atoms with E-state index in [0.29, 0.717) is 12.0 Å². The lowest BCUT2D eigenvalue weighted by Gasteiger charge is -2.14. The SMILES string of the molecule is C=C(C)[C@H](C)CC(O)CC.C=C1COC(CCCO)C1.CC.CC. The molecule has 0 aliphatic carbocycles. The highest BCUT2D eigenvalue weighted by Gasteiger charge is 2.17. The van der Waals surface area contributed by atoms with Crippen LogP contribution >= 0.6 is 0 Å². The molecule has 0 saturated carbocycles. The topological polar surface area (TPSA) is 49.7 Å². The molecule has 1 aliphatic heterocycles. The summed E-state index contributed by atoms with van der Waals surface area (Å²) in [6.45, 7) is 22.7. The van der Waals surface area contributed by atoms with Crippen LogP contribution in [0.3, 0.4) is 0 Å². The molecule has 3 nitrogen and oxygen atoms in total. The van der Waals surface area contributed by atoms with Gasteiger partial charge in [0.1, 0.15) is 0 Å². The molecule has 1 aliphatic rings. The van der Waals surface area contributed by atoms with Crippen molar-refractivity contribution in [3.8, 4) is 0 Å². The van der Waals surface area contributed by atoms with Gasteiger partial charge in [-0.2, -0.15) is 0 Å². The zero-order valence-corrected chi connectivity index (χ0v) is 17.4. The molecule has 2 unspecified atom stereocenters. The van der Waals surface area contributed by atoms with Crippen LogP contribution in [0.2, 0.25) is 0 Å². The van der Waals surface area contributed by atoms with Gasteiger partial charge >= 0.3 is 0 Å². The van der Waals surface area contributed by atoms with E-state index in [-0.39, 0.29) is 12.7 Å². The monoisotopic (exact) mass is 344 g/mol. The predicted octanol–water partition coefficient (Wildman–Crippen LogP) is 5.52. The van der Waals surface area contributed by atoms with Crippen molar-refractivity contribution >= 4 is 0 Å². The van der Waals surface area contributed by atoms with Gasteiger partial charge in [-0.05, 0) is 50.5 Å². The van der Waals surface area contributed by atoms with E-state index in [2.05, 4.69) is 20.1 Å². The largest absolute Gasteiger partial charge is 0.396 e. The van der Waals surface area contributed by atoms with Crippen molar-refractivity contribution in [3.05, 3.63) is 24.3 Å². The fraction of sp³-hybridized carbons (Fsp3) is 0.810. The first-order chi connectivity index (χ1) is 11.4. The van der Waals surface area contributed by atoms with Crippen LogP contribution in [0.5, 0.6) is 0 Å². The van der Waals surface area contributed by atoms with Gasteiger partial charge in [0.25, 0.3) is 0 Å². The molecular formula is C21H44O3. The second kappa shape index (κ2) is 20.4. The number of hydrogen-bond acceptors (Lipinski definition) is 3. The van der Waals surface area contributed by atoms with Crippen LogP contribution in [0.4, 0.5) is 0 Å². The second-order valence-electron chi connectivity index (χ2n) is 5.80. The Morgan fingerprint density at radius 2 is 1.83 bits per heavy atom. The summed E-state index contributed by atoms with van der Waals surface area (Å²) in [6.07, 6.45) is 4.68. The van der Waals surface area contributed by atoms with E-state index in [4.69, 9.17) is 9.84 Å². The van der Waals surface area contributed by atoms with Crippen LogP contribution in [0.25, 0.3) is 0 Å². The summed E-state index contributed by atoms with van der Waals surface area (Å²) in [7, 11) is 0. The van der Waals surface area contributed by atoms with E-state index in [1.54, 1.807) is 0 Å². The van der Waals surface area contributed by atoms with Crippen LogP contribution in [0.1, 0.15) is 80.6 Å². The van der Waals surface area contributed by atoms with Crippen LogP contribution in [0, 0.1) is 5.92 Å². The van der Waals surface area contributed by atoms with Crippen LogP contribution in [-0.4, -0.2) is 35.6 Å². The standard InChI is InChI=1S/C9H18O.C8H14O2.2C2H6/c1-5-9(10)6-8(4)7(2)3;1-7-5-8(10-6-7)3-2-4-9;2*1-2/h8-10H,2,5-6H2,1,3-4H3;8-9H,1-6H2;2*1-2H3/t8-,9?;;;/m1.../s1. The third kappa shape index (κ3) is 17.7. The fourth-order valence-corrected chi connectivity index (χ4v) is 1.96. The maximum Gasteiger partial charge on any atom is 0.0679 e. The molecule has 146 valence electrons. The Balaban J connectivity index is -0.000000304. The minimum atomic E-state index is -0.147. The molecule has 1 heterocycles. The summed E-state index contributed by atoms with van der Waals surface area (Å²) in [5, 5.41) is 17.8. The number of aliphatic hydroxyl groups excluding tert-OH is 2. The number of allylic oxidation sites excluding steroid dienone is 1. The van der Waals surface area contributed by atoms with Gasteiger partial charge in [-0.15, -0.1) is 0 Å². The van der Waals surface area contributed by atoms with Crippen LogP contribution in [0.15, 0.2) is 24.3 Å². The van der Waals surface area contributed by atoms with Gasteiger partial charge < -0.3 is 14.9 Å². The average molecular weight is 345 g/mol. The van der Waals surface area contributed by atoms with Crippen molar-refractivity contribution in [1.82, 2.24) is 0 Å². The highest BCUT2D eigenvalue weighted by Crippen LogP contribution is 2.20. The van der Waals surface area contributed by atoms with Crippen LogP contribution in [-0.2, 0) is 4.74 Å². The predicted molar refractivity (Wildman–Crippen MR) is 107 cm³/mol. The molecule has 0 aromatic heterocycles. The highest BCUT2D eigenvalue weighted by molar-refractivity contribution is 5.01. The van der Waals surface area contributed by atoms with Crippen LogP contribution < -0.4 is 0 Å². The Hall–Kier alpha value is -0.640. The van der Waals surface area contributed by atoms with Gasteiger partial charge in [-0.25, -0.2) is 0 Å². The Labute approximate surface area is 151 Å². The lowest BCUT2D eigenvalue weighted by atomic mass is 9.96. The lowest BCUT2D eigenvalue weighted by Crippen LogP contribution is -2.10. The first-order valence-corrected chi connectivity index (χ1v) is 9.63. The second-order valence-corrected chi connectivity index (χ2v) is 5.80. The molecule has 0 spiro atoms. The molecule has 2 N–H and O–H groups in total. The first kappa shape index (κ1) is 28.2. The van der Waals surface area contributed by atoms with Gasteiger partial charge in [0.2, 0.25) is 0 Å². The minimum Gasteiger partial charge on any atom is -0.396 e. The summed E-state index contributed by atoms with van der Waals surface area (Å²) < 4.78 is 5.36. The quantitative estimate of drug-likeness (QED) is 0.598. The Morgan fingerprint density at radius 1 is 1.29 bits per heavy atom. The normalized spacial score (nSPS) is 18.0. The van der Waals surface area contributed by atoms with Crippen molar-refractivity contribution in [2.75, 3.05) is 13.2 Å². The molecule has 1 rings (SSSR count). The third-order valence-corrected chi connectivity index (χ3v) is 3.66. The third-order valence-electron chi connectivity index (χ3n) is 3.66. The van der Waals surface area contributed by atoms with E-state index in [1.165, 1.54) is 5.57 Å². The lowest BCUT2D eigenvalue weighted by molar-refractivity contribution is 0.0990. The zero-order chi connectivity index (χ0) is 19.5. The Kier molecular flexibility index (Phi) is 24.0. The molecule has 24 heavy (non-hydrogen) atoms. The number of rotatable bonds is 7. The Morgan fingerprint density at radius 3 is 2.17 bits per heavy atom. The van der Waals surface area contributed by atoms with E-state index in [1.807, 2.05) is 41.5 Å². The fourth-order valence-electron chi connectivity index (χ4n) is 1.96. The first-order valence-electron chi connectivity index (χ1n) is 9.63. The summed E-state index contributed by atoms with van der Waals surface area (Å²) in [5.41, 5.74) is 2.34. The molecule has 0 radical (unpaired) electrons. The molecule has 0 amide bonds. The minimum absolute atomic E-state index is 0.147. The van der Waals surface area contributed by atoms with Gasteiger partial charge in [0.15, 0.2) is 0 Å². The van der Waals surface area contributed by atoms with E-state index >= 15 is 0 Å². The molecule has 0 bridgehead atoms. The molecule has 1 fully saturated rings. The van der Waals surface area contributed by atoms with Gasteiger partial charge in [-0.1, -0.05) is 60.3 Å². The van der Waals surface area contributed by atoms with Crippen molar-refractivity contribution in [3.63, 3.8) is 0 Å². The zero-order valence-electron chi connectivity index (χ0n) is 17.4. The maximum atomic E-state index is 9.24. The summed E-state index contributed by atoms with van der Waals surface area (Å²) >= 11 is 0. The van der Waals surface area contributed by atoms with E-state index in [0.717, 1.165) is 44.3 Å². The summed E-state index contributed by atoms with van der Waals surface area (Å²) in [4.78, 5) is 0. The molecule has 3 heteroatoms. The smallest absolute Gasteiger partial charge is 0.0679 e. The van der Waals surface area contributed by atoms with Gasteiger partial charge in [0.05, 0.1) is 18.8 Å². The van der Waals surface area contributed by atoms with Gasteiger partial charge in [-0.3, -0.25) is 0 Å². The summed E-state index contributed by atoms with van der Waals surface area (Å²) in [6, 6.07) is 0. The van der Waals surface area contributed by atoms with Gasteiger partial charge in [0, 0.05) is 6.61 Å². The molecule has 0 aromatic carbocycles. The van der Waals surface area contributed by atoms with E-state index < -0.39 is 0 Å². The molecule has 0 aromatic rings. The number of ether oxygens (including phenoxy) is 1. The van der Waals surface area contributed by atoms with Crippen molar-refractivity contribution < 1.29 is 14.9 Å². The summed E-state index contributed by atoms with van der Waals surface area (Å²) in [5.74, 6) is 0.454. The highest BCUT2D eigenvalue weighted by atomic mass is 16.5.